The number of hydrogen-bond acceptors (Lipinski definition) is 5. The molecule has 0 unspecified atom stereocenters. The van der Waals surface area contributed by atoms with E-state index in [0.29, 0.717) is 12.2 Å². The van der Waals surface area contributed by atoms with Gasteiger partial charge in [-0.2, -0.15) is 0 Å². The molecule has 0 radical (unpaired) electrons. The first-order valence-electron chi connectivity index (χ1n) is 5.37. The topological polar surface area (TPSA) is 66.3 Å². The van der Waals surface area contributed by atoms with Gasteiger partial charge in [0.1, 0.15) is 0 Å². The Labute approximate surface area is 109 Å². The van der Waals surface area contributed by atoms with Crippen molar-refractivity contribution in [1.82, 2.24) is 9.97 Å². The minimum atomic E-state index is -0.950. The van der Waals surface area contributed by atoms with Crippen LogP contribution in [0.2, 0.25) is 0 Å². The maximum atomic E-state index is 11.1. The molecule has 0 amide bonds. The molecule has 2 aromatic rings. The number of aromatic nitrogens is 2. The zero-order valence-electron chi connectivity index (χ0n) is 10.1. The lowest BCUT2D eigenvalue weighted by atomic mass is 10.2. The molecule has 0 fully saturated rings. The fraction of sp³-hybridized carbons (Fsp3) is 0.250. The first-order chi connectivity index (χ1) is 8.58. The van der Waals surface area contributed by atoms with Gasteiger partial charge in [0, 0.05) is 18.6 Å². The molecule has 2 rings (SSSR count). The van der Waals surface area contributed by atoms with E-state index in [9.17, 15) is 4.79 Å². The van der Waals surface area contributed by atoms with Gasteiger partial charge in [-0.3, -0.25) is 4.98 Å². The molecule has 0 aliphatic carbocycles. The second kappa shape index (κ2) is 5.14. The van der Waals surface area contributed by atoms with Crippen LogP contribution in [0.1, 0.15) is 21.1 Å². The molecular weight excluding hydrogens is 250 g/mol. The summed E-state index contributed by atoms with van der Waals surface area (Å²) in [5.74, 6) is -0.950. The summed E-state index contributed by atoms with van der Waals surface area (Å²) in [6, 6.07) is 1.50. The average molecular weight is 263 g/mol. The molecule has 1 N–H and O–H groups in total. The third-order valence-electron chi connectivity index (χ3n) is 2.51. The maximum Gasteiger partial charge on any atom is 0.337 e. The van der Waals surface area contributed by atoms with E-state index < -0.39 is 5.97 Å². The molecular formula is C12H13N3O2S. The van der Waals surface area contributed by atoms with E-state index >= 15 is 0 Å². The molecule has 6 heteroatoms. The molecule has 18 heavy (non-hydrogen) atoms. The smallest absolute Gasteiger partial charge is 0.337 e. The summed E-state index contributed by atoms with van der Waals surface area (Å²) in [6.07, 6.45) is 3.04. The van der Waals surface area contributed by atoms with Crippen LogP contribution in [0.5, 0.6) is 0 Å². The highest BCUT2D eigenvalue weighted by molar-refractivity contribution is 7.09. The SMILES string of the molecule is Cc1nc(CN(C)c2cnccc2C(=O)O)cs1. The van der Waals surface area contributed by atoms with Gasteiger partial charge >= 0.3 is 5.97 Å². The summed E-state index contributed by atoms with van der Waals surface area (Å²) >= 11 is 1.58. The van der Waals surface area contributed by atoms with Gasteiger partial charge in [-0.15, -0.1) is 11.3 Å². The number of anilines is 1. The Kier molecular flexibility index (Phi) is 3.57. The number of rotatable bonds is 4. The average Bonchev–Trinajstić information content (AvgIpc) is 2.74. The van der Waals surface area contributed by atoms with Crippen LogP contribution in [-0.2, 0) is 6.54 Å². The van der Waals surface area contributed by atoms with Crippen molar-refractivity contribution in [2.24, 2.45) is 0 Å². The lowest BCUT2D eigenvalue weighted by molar-refractivity contribution is 0.0697. The Bertz CT molecular complexity index is 568. The van der Waals surface area contributed by atoms with E-state index in [2.05, 4.69) is 9.97 Å². The lowest BCUT2D eigenvalue weighted by Gasteiger charge is -2.19. The summed E-state index contributed by atoms with van der Waals surface area (Å²) < 4.78 is 0. The van der Waals surface area contributed by atoms with Crippen LogP contribution < -0.4 is 4.90 Å². The Morgan fingerprint density at radius 2 is 2.33 bits per heavy atom. The number of thiazole rings is 1. The second-order valence-electron chi connectivity index (χ2n) is 3.91. The van der Waals surface area contributed by atoms with Crippen LogP contribution in [0.25, 0.3) is 0 Å². The fourth-order valence-electron chi connectivity index (χ4n) is 1.68. The van der Waals surface area contributed by atoms with Crippen molar-refractivity contribution in [2.45, 2.75) is 13.5 Å². The van der Waals surface area contributed by atoms with Crippen molar-refractivity contribution < 1.29 is 9.90 Å². The van der Waals surface area contributed by atoms with Crippen molar-refractivity contribution >= 4 is 23.0 Å². The van der Waals surface area contributed by atoms with E-state index in [0.717, 1.165) is 10.7 Å². The predicted molar refractivity (Wildman–Crippen MR) is 70.2 cm³/mol. The number of carboxylic acids is 1. The number of carbonyl (C=O) groups is 1. The largest absolute Gasteiger partial charge is 0.478 e. The van der Waals surface area contributed by atoms with E-state index in [1.165, 1.54) is 12.3 Å². The van der Waals surface area contributed by atoms with Gasteiger partial charge < -0.3 is 10.0 Å². The summed E-state index contributed by atoms with van der Waals surface area (Å²) in [5, 5.41) is 12.1. The Morgan fingerprint density at radius 3 is 2.94 bits per heavy atom. The van der Waals surface area contributed by atoms with Gasteiger partial charge in [0.25, 0.3) is 0 Å². The molecule has 0 saturated carbocycles. The van der Waals surface area contributed by atoms with Crippen molar-refractivity contribution in [3.63, 3.8) is 0 Å². The third-order valence-corrected chi connectivity index (χ3v) is 3.33. The second-order valence-corrected chi connectivity index (χ2v) is 4.97. The number of aromatic carboxylic acids is 1. The van der Waals surface area contributed by atoms with Gasteiger partial charge in [-0.25, -0.2) is 9.78 Å². The Hall–Kier alpha value is -1.95. The molecule has 0 aliphatic rings. The summed E-state index contributed by atoms with van der Waals surface area (Å²) in [4.78, 5) is 21.3. The zero-order valence-corrected chi connectivity index (χ0v) is 10.9. The molecule has 0 spiro atoms. The Morgan fingerprint density at radius 1 is 1.56 bits per heavy atom. The third kappa shape index (κ3) is 2.65. The normalized spacial score (nSPS) is 10.3. The first kappa shape index (κ1) is 12.5. The predicted octanol–water partition coefficient (Wildman–Crippen LogP) is 2.18. The van der Waals surface area contributed by atoms with E-state index in [4.69, 9.17) is 5.11 Å². The van der Waals surface area contributed by atoms with Crippen molar-refractivity contribution in [3.8, 4) is 0 Å². The molecule has 94 valence electrons. The van der Waals surface area contributed by atoms with Gasteiger partial charge in [-0.05, 0) is 13.0 Å². The van der Waals surface area contributed by atoms with E-state index in [1.807, 2.05) is 24.3 Å². The molecule has 2 aromatic heterocycles. The van der Waals surface area contributed by atoms with Gasteiger partial charge in [0.15, 0.2) is 0 Å². The van der Waals surface area contributed by atoms with Crippen LogP contribution in [0.4, 0.5) is 5.69 Å². The fourth-order valence-corrected chi connectivity index (χ4v) is 2.28. The van der Waals surface area contributed by atoms with Crippen LogP contribution >= 0.6 is 11.3 Å². The van der Waals surface area contributed by atoms with Crippen LogP contribution in [0.15, 0.2) is 23.8 Å². The van der Waals surface area contributed by atoms with Crippen molar-refractivity contribution in [3.05, 3.63) is 40.1 Å². The van der Waals surface area contributed by atoms with E-state index in [1.54, 1.807) is 17.5 Å². The Balaban J connectivity index is 2.23. The first-order valence-corrected chi connectivity index (χ1v) is 6.25. The minimum Gasteiger partial charge on any atom is -0.478 e. The van der Waals surface area contributed by atoms with Crippen LogP contribution in [0, 0.1) is 6.92 Å². The van der Waals surface area contributed by atoms with Crippen molar-refractivity contribution in [1.29, 1.82) is 0 Å². The molecule has 0 aliphatic heterocycles. The standard InChI is InChI=1S/C12H13N3O2S/c1-8-14-9(7-18-8)6-15(2)11-5-13-4-3-10(11)12(16)17/h3-5,7H,6H2,1-2H3,(H,16,17). The minimum absolute atomic E-state index is 0.249. The number of carboxylic acid groups (broad SMARTS) is 1. The molecule has 0 bridgehead atoms. The highest BCUT2D eigenvalue weighted by Crippen LogP contribution is 2.20. The number of pyridine rings is 1. The van der Waals surface area contributed by atoms with Gasteiger partial charge in [0.05, 0.1) is 34.7 Å². The number of hydrogen-bond donors (Lipinski definition) is 1. The summed E-state index contributed by atoms with van der Waals surface area (Å²) in [7, 11) is 1.83. The van der Waals surface area contributed by atoms with Gasteiger partial charge in [-0.1, -0.05) is 0 Å². The molecule has 2 heterocycles. The maximum absolute atomic E-state index is 11.1. The van der Waals surface area contributed by atoms with E-state index in [-0.39, 0.29) is 5.56 Å². The summed E-state index contributed by atoms with van der Waals surface area (Å²) in [6.45, 7) is 2.51. The molecule has 0 aromatic carbocycles. The van der Waals surface area contributed by atoms with Gasteiger partial charge in [0.2, 0.25) is 0 Å². The number of nitrogens with zero attached hydrogens (tertiary/aromatic N) is 3. The highest BCUT2D eigenvalue weighted by Gasteiger charge is 2.14. The molecule has 0 saturated heterocycles. The summed E-state index contributed by atoms with van der Waals surface area (Å²) in [5.41, 5.74) is 1.77. The lowest BCUT2D eigenvalue weighted by Crippen LogP contribution is -2.19. The highest BCUT2D eigenvalue weighted by atomic mass is 32.1. The van der Waals surface area contributed by atoms with Crippen molar-refractivity contribution in [2.75, 3.05) is 11.9 Å². The van der Waals surface area contributed by atoms with Crippen LogP contribution in [-0.4, -0.2) is 28.1 Å². The monoisotopic (exact) mass is 263 g/mol. The molecule has 5 nitrogen and oxygen atoms in total. The zero-order chi connectivity index (χ0) is 13.1. The molecule has 0 atom stereocenters. The quantitative estimate of drug-likeness (QED) is 0.915. The van der Waals surface area contributed by atoms with Crippen LogP contribution in [0.3, 0.4) is 0 Å². The number of aryl methyl sites for hydroxylation is 1.